The summed E-state index contributed by atoms with van der Waals surface area (Å²) in [6.45, 7) is 4.19. The van der Waals surface area contributed by atoms with Crippen molar-refractivity contribution in [1.29, 1.82) is 0 Å². The number of ether oxygens (including phenoxy) is 1. The summed E-state index contributed by atoms with van der Waals surface area (Å²) in [6, 6.07) is 5.49. The van der Waals surface area contributed by atoms with Gasteiger partial charge in [-0.05, 0) is 24.6 Å². The summed E-state index contributed by atoms with van der Waals surface area (Å²) < 4.78 is 18.4. The first-order valence-electron chi connectivity index (χ1n) is 8.29. The number of nitrogens with one attached hydrogen (secondary N) is 3. The van der Waals surface area contributed by atoms with Crippen molar-refractivity contribution in [3.8, 4) is 0 Å². The first kappa shape index (κ1) is 19.3. The van der Waals surface area contributed by atoms with Gasteiger partial charge in [0.05, 0.1) is 19.2 Å². The van der Waals surface area contributed by atoms with E-state index in [1.54, 1.807) is 13.0 Å². The molecule has 7 nitrogen and oxygen atoms in total. The molecule has 2 atom stereocenters. The molecule has 25 heavy (non-hydrogen) atoms. The van der Waals surface area contributed by atoms with Crippen molar-refractivity contribution in [3.05, 3.63) is 35.6 Å². The number of rotatable bonds is 6. The Morgan fingerprint density at radius 3 is 3.00 bits per heavy atom. The van der Waals surface area contributed by atoms with E-state index in [-0.39, 0.29) is 24.4 Å². The Balaban J connectivity index is 1.92. The molecule has 0 bridgehead atoms. The van der Waals surface area contributed by atoms with Crippen LogP contribution >= 0.6 is 0 Å². The van der Waals surface area contributed by atoms with Crippen molar-refractivity contribution in [2.24, 2.45) is 0 Å². The smallest absolute Gasteiger partial charge is 0.321 e. The molecule has 0 aliphatic carbocycles. The zero-order valence-electron chi connectivity index (χ0n) is 14.5. The molecule has 0 radical (unpaired) electrons. The zero-order valence-corrected chi connectivity index (χ0v) is 14.5. The Kier molecular flexibility index (Phi) is 7.30. The molecular weight excluding hydrogens is 327 g/mol. The van der Waals surface area contributed by atoms with Crippen LogP contribution in [0.25, 0.3) is 0 Å². The van der Waals surface area contributed by atoms with Crippen LogP contribution in [-0.2, 0) is 9.53 Å². The third kappa shape index (κ3) is 6.08. The topological polar surface area (TPSA) is 82.7 Å². The summed E-state index contributed by atoms with van der Waals surface area (Å²) in [7, 11) is 1.54. The molecule has 8 heteroatoms. The highest BCUT2D eigenvalue weighted by atomic mass is 19.1. The SMILES string of the molecule is COCC(C)NC(=O)NC(=O)CN1CCNCC1c1cccc(F)c1. The number of hydrogen-bond acceptors (Lipinski definition) is 5. The van der Waals surface area contributed by atoms with Gasteiger partial charge in [0.1, 0.15) is 5.82 Å². The van der Waals surface area contributed by atoms with E-state index >= 15 is 0 Å². The third-order valence-electron chi connectivity index (χ3n) is 3.98. The third-order valence-corrected chi connectivity index (χ3v) is 3.98. The molecule has 1 heterocycles. The Morgan fingerprint density at radius 1 is 1.48 bits per heavy atom. The van der Waals surface area contributed by atoms with Gasteiger partial charge in [0, 0.05) is 32.8 Å². The molecule has 3 N–H and O–H groups in total. The predicted molar refractivity (Wildman–Crippen MR) is 91.6 cm³/mol. The van der Waals surface area contributed by atoms with E-state index in [1.807, 2.05) is 11.0 Å². The van der Waals surface area contributed by atoms with Crippen molar-refractivity contribution < 1.29 is 18.7 Å². The molecule has 1 aromatic rings. The first-order valence-corrected chi connectivity index (χ1v) is 8.29. The number of nitrogens with zero attached hydrogens (tertiary/aromatic N) is 1. The number of halogens is 1. The number of amides is 3. The van der Waals surface area contributed by atoms with Gasteiger partial charge in [0.15, 0.2) is 0 Å². The van der Waals surface area contributed by atoms with E-state index in [9.17, 15) is 14.0 Å². The van der Waals surface area contributed by atoms with Crippen molar-refractivity contribution in [2.75, 3.05) is 39.9 Å². The summed E-state index contributed by atoms with van der Waals surface area (Å²) in [6.07, 6.45) is 0. The van der Waals surface area contributed by atoms with E-state index in [0.29, 0.717) is 19.7 Å². The number of benzene rings is 1. The van der Waals surface area contributed by atoms with Gasteiger partial charge in [-0.3, -0.25) is 15.0 Å². The molecule has 1 aliphatic rings. The second-order valence-corrected chi connectivity index (χ2v) is 6.12. The molecule has 0 saturated carbocycles. The summed E-state index contributed by atoms with van der Waals surface area (Å²) >= 11 is 0. The Hall–Kier alpha value is -2.03. The highest BCUT2D eigenvalue weighted by Gasteiger charge is 2.26. The number of urea groups is 1. The predicted octanol–water partition coefficient (Wildman–Crippen LogP) is 0.633. The summed E-state index contributed by atoms with van der Waals surface area (Å²) in [5.41, 5.74) is 0.804. The second kappa shape index (κ2) is 9.45. The second-order valence-electron chi connectivity index (χ2n) is 6.12. The van der Waals surface area contributed by atoms with Crippen molar-refractivity contribution in [3.63, 3.8) is 0 Å². The van der Waals surface area contributed by atoms with E-state index < -0.39 is 11.9 Å². The van der Waals surface area contributed by atoms with Gasteiger partial charge in [0.25, 0.3) is 0 Å². The number of hydrogen-bond donors (Lipinski definition) is 3. The molecule has 2 unspecified atom stereocenters. The number of methoxy groups -OCH3 is 1. The van der Waals surface area contributed by atoms with Crippen LogP contribution in [0.3, 0.4) is 0 Å². The molecular formula is C17H25FN4O3. The molecule has 0 aromatic heterocycles. The average molecular weight is 352 g/mol. The standard InChI is InChI=1S/C17H25FN4O3/c1-12(11-25-2)20-17(24)21-16(23)10-22-7-6-19-9-15(22)13-4-3-5-14(18)8-13/h3-5,8,12,15,19H,6-7,9-11H2,1-2H3,(H2,20,21,23,24). The number of imide groups is 1. The Bertz CT molecular complexity index is 599. The van der Waals surface area contributed by atoms with Crippen molar-refractivity contribution in [2.45, 2.75) is 19.0 Å². The maximum absolute atomic E-state index is 13.5. The zero-order chi connectivity index (χ0) is 18.2. The lowest BCUT2D eigenvalue weighted by molar-refractivity contribution is -0.122. The lowest BCUT2D eigenvalue weighted by atomic mass is 10.0. The molecule has 0 spiro atoms. The monoisotopic (exact) mass is 352 g/mol. The fraction of sp³-hybridized carbons (Fsp3) is 0.529. The number of carbonyl (C=O) groups excluding carboxylic acids is 2. The van der Waals surface area contributed by atoms with Gasteiger partial charge < -0.3 is 15.4 Å². The largest absolute Gasteiger partial charge is 0.383 e. The molecule has 1 saturated heterocycles. The average Bonchev–Trinajstić information content (AvgIpc) is 2.55. The Morgan fingerprint density at radius 2 is 2.28 bits per heavy atom. The maximum atomic E-state index is 13.5. The quantitative estimate of drug-likeness (QED) is 0.700. The number of carbonyl (C=O) groups is 2. The van der Waals surface area contributed by atoms with Gasteiger partial charge in [-0.2, -0.15) is 0 Å². The van der Waals surface area contributed by atoms with Crippen molar-refractivity contribution in [1.82, 2.24) is 20.9 Å². The summed E-state index contributed by atoms with van der Waals surface area (Å²) in [5.74, 6) is -0.704. The maximum Gasteiger partial charge on any atom is 0.321 e. The van der Waals surface area contributed by atoms with Gasteiger partial charge in [-0.15, -0.1) is 0 Å². The minimum atomic E-state index is -0.549. The minimum Gasteiger partial charge on any atom is -0.383 e. The molecule has 1 fully saturated rings. The normalized spacial score (nSPS) is 19.2. The van der Waals surface area contributed by atoms with E-state index in [2.05, 4.69) is 16.0 Å². The van der Waals surface area contributed by atoms with Gasteiger partial charge >= 0.3 is 6.03 Å². The molecule has 3 amide bonds. The van der Waals surface area contributed by atoms with Gasteiger partial charge in [-0.25, -0.2) is 9.18 Å². The van der Waals surface area contributed by atoms with Crippen LogP contribution in [0.1, 0.15) is 18.5 Å². The van der Waals surface area contributed by atoms with Crippen LogP contribution in [0.15, 0.2) is 24.3 Å². The van der Waals surface area contributed by atoms with Crippen LogP contribution in [0.2, 0.25) is 0 Å². The molecule has 1 aromatic carbocycles. The van der Waals surface area contributed by atoms with E-state index in [1.165, 1.54) is 19.2 Å². The summed E-state index contributed by atoms with van der Waals surface area (Å²) in [4.78, 5) is 25.9. The van der Waals surface area contributed by atoms with Crippen molar-refractivity contribution >= 4 is 11.9 Å². The first-order chi connectivity index (χ1) is 12.0. The van der Waals surface area contributed by atoms with E-state index in [4.69, 9.17) is 4.74 Å². The van der Waals surface area contributed by atoms with E-state index in [0.717, 1.165) is 12.1 Å². The minimum absolute atomic E-state index is 0.0644. The lowest BCUT2D eigenvalue weighted by Gasteiger charge is -2.36. The summed E-state index contributed by atoms with van der Waals surface area (Å²) in [5, 5.41) is 8.19. The van der Waals surface area contributed by atoms with Crippen LogP contribution < -0.4 is 16.0 Å². The molecule has 1 aliphatic heterocycles. The van der Waals surface area contributed by atoms with Gasteiger partial charge in [-0.1, -0.05) is 12.1 Å². The van der Waals surface area contributed by atoms with Crippen LogP contribution in [0.4, 0.5) is 9.18 Å². The highest BCUT2D eigenvalue weighted by molar-refractivity contribution is 5.95. The Labute approximate surface area is 146 Å². The number of piperazine rings is 1. The fourth-order valence-electron chi connectivity index (χ4n) is 2.88. The van der Waals surface area contributed by atoms with Crippen LogP contribution in [0, 0.1) is 5.82 Å². The van der Waals surface area contributed by atoms with Crippen LogP contribution in [-0.4, -0.2) is 62.8 Å². The van der Waals surface area contributed by atoms with Crippen LogP contribution in [0.5, 0.6) is 0 Å². The lowest BCUT2D eigenvalue weighted by Crippen LogP contribution is -2.52. The highest BCUT2D eigenvalue weighted by Crippen LogP contribution is 2.22. The molecule has 2 rings (SSSR count). The van der Waals surface area contributed by atoms with Gasteiger partial charge in [0.2, 0.25) is 5.91 Å². The fourth-order valence-corrected chi connectivity index (χ4v) is 2.88. The molecule has 138 valence electrons.